The molecule has 0 aliphatic heterocycles. The van der Waals surface area contributed by atoms with Crippen molar-refractivity contribution in [3.8, 4) is 16.9 Å². The molecule has 2 N–H and O–H groups in total. The number of halogens is 1. The topological polar surface area (TPSA) is 67.4 Å². The zero-order valence-electron chi connectivity index (χ0n) is 16.8. The largest absolute Gasteiger partial charge is 0.481 e. The van der Waals surface area contributed by atoms with E-state index in [1.807, 2.05) is 54.6 Å². The summed E-state index contributed by atoms with van der Waals surface area (Å²) in [6.07, 6.45) is -0.379. The average Bonchev–Trinajstić information content (AvgIpc) is 2.77. The van der Waals surface area contributed by atoms with Crippen molar-refractivity contribution in [2.45, 2.75) is 26.4 Å². The number of ether oxygens (including phenoxy) is 1. The fourth-order valence-corrected chi connectivity index (χ4v) is 2.96. The fourth-order valence-electron chi connectivity index (χ4n) is 2.80. The van der Waals surface area contributed by atoms with Gasteiger partial charge in [0.05, 0.1) is 10.7 Å². The highest BCUT2D eigenvalue weighted by Gasteiger charge is 2.17. The minimum Gasteiger partial charge on any atom is -0.481 e. The molecule has 5 nitrogen and oxygen atoms in total. The zero-order chi connectivity index (χ0) is 21.5. The van der Waals surface area contributed by atoms with Crippen LogP contribution < -0.4 is 15.4 Å². The van der Waals surface area contributed by atoms with Crippen LogP contribution in [0.3, 0.4) is 0 Å². The van der Waals surface area contributed by atoms with E-state index in [9.17, 15) is 9.59 Å². The Morgan fingerprint density at radius 3 is 2.27 bits per heavy atom. The smallest absolute Gasteiger partial charge is 0.265 e. The minimum absolute atomic E-state index is 0.120. The Kier molecular flexibility index (Phi) is 7.09. The fraction of sp³-hybridized carbons (Fsp3) is 0.167. The number of carbonyl (C=O) groups excluding carboxylic acids is 2. The lowest BCUT2D eigenvalue weighted by molar-refractivity contribution is -0.122. The Balaban J connectivity index is 1.63. The highest BCUT2D eigenvalue weighted by Crippen LogP contribution is 2.27. The second-order valence-corrected chi connectivity index (χ2v) is 7.14. The second kappa shape index (κ2) is 9.94. The summed E-state index contributed by atoms with van der Waals surface area (Å²) in [5.41, 5.74) is 3.15. The van der Waals surface area contributed by atoms with Gasteiger partial charge in [0.2, 0.25) is 5.91 Å². The van der Waals surface area contributed by atoms with E-state index in [4.69, 9.17) is 16.3 Å². The normalized spacial score (nSPS) is 11.4. The molecule has 3 aromatic rings. The van der Waals surface area contributed by atoms with E-state index < -0.39 is 6.10 Å². The Labute approximate surface area is 181 Å². The van der Waals surface area contributed by atoms with Gasteiger partial charge in [0.15, 0.2) is 6.10 Å². The molecule has 0 bridgehead atoms. The van der Waals surface area contributed by atoms with Crippen LogP contribution in [0.1, 0.15) is 20.3 Å². The Hall–Kier alpha value is -3.31. The highest BCUT2D eigenvalue weighted by atomic mass is 35.5. The number of nitrogens with one attached hydrogen (secondary N) is 2. The maximum absolute atomic E-state index is 12.6. The van der Waals surface area contributed by atoms with E-state index in [1.54, 1.807) is 32.0 Å². The average molecular weight is 423 g/mol. The Bertz CT molecular complexity index is 1020. The van der Waals surface area contributed by atoms with Gasteiger partial charge in [-0.3, -0.25) is 9.59 Å². The van der Waals surface area contributed by atoms with E-state index in [1.165, 1.54) is 0 Å². The SMILES string of the molecule is CCC(=O)Nc1ccc(Cl)c(NC(=O)C(C)Oc2ccc(-c3ccccc3)cc2)c1. The molecule has 1 unspecified atom stereocenters. The van der Waals surface area contributed by atoms with E-state index in [2.05, 4.69) is 10.6 Å². The van der Waals surface area contributed by atoms with Gasteiger partial charge in [0.25, 0.3) is 5.91 Å². The van der Waals surface area contributed by atoms with Crippen LogP contribution in [0.2, 0.25) is 5.02 Å². The van der Waals surface area contributed by atoms with Crippen molar-refractivity contribution in [1.29, 1.82) is 0 Å². The molecule has 2 amide bonds. The molecule has 0 aliphatic rings. The predicted molar refractivity (Wildman–Crippen MR) is 121 cm³/mol. The molecule has 6 heteroatoms. The molecule has 3 aromatic carbocycles. The van der Waals surface area contributed by atoms with E-state index in [0.29, 0.717) is 28.6 Å². The van der Waals surface area contributed by atoms with Crippen LogP contribution in [-0.4, -0.2) is 17.9 Å². The monoisotopic (exact) mass is 422 g/mol. The first-order valence-electron chi connectivity index (χ1n) is 9.68. The summed E-state index contributed by atoms with van der Waals surface area (Å²) in [4.78, 5) is 24.1. The predicted octanol–water partition coefficient (Wildman–Crippen LogP) is 5.76. The molecular weight excluding hydrogens is 400 g/mol. The van der Waals surface area contributed by atoms with Gasteiger partial charge in [-0.15, -0.1) is 0 Å². The first-order valence-corrected chi connectivity index (χ1v) is 10.1. The molecular formula is C24H23ClN2O3. The van der Waals surface area contributed by atoms with Gasteiger partial charge >= 0.3 is 0 Å². The highest BCUT2D eigenvalue weighted by molar-refractivity contribution is 6.34. The maximum atomic E-state index is 12.6. The third kappa shape index (κ3) is 5.61. The second-order valence-electron chi connectivity index (χ2n) is 6.74. The van der Waals surface area contributed by atoms with Crippen molar-refractivity contribution >= 4 is 34.8 Å². The van der Waals surface area contributed by atoms with Crippen molar-refractivity contribution in [1.82, 2.24) is 0 Å². The molecule has 0 saturated heterocycles. The lowest BCUT2D eigenvalue weighted by Gasteiger charge is -2.16. The Morgan fingerprint density at radius 1 is 0.933 bits per heavy atom. The molecule has 0 heterocycles. The molecule has 0 saturated carbocycles. The van der Waals surface area contributed by atoms with Gasteiger partial charge in [-0.05, 0) is 48.4 Å². The van der Waals surface area contributed by atoms with Crippen LogP contribution in [0.25, 0.3) is 11.1 Å². The summed E-state index contributed by atoms with van der Waals surface area (Å²) in [5, 5.41) is 5.86. The van der Waals surface area contributed by atoms with Gasteiger partial charge in [-0.1, -0.05) is 61.0 Å². The minimum atomic E-state index is -0.738. The number of hydrogen-bond donors (Lipinski definition) is 2. The summed E-state index contributed by atoms with van der Waals surface area (Å²) in [7, 11) is 0. The first-order chi connectivity index (χ1) is 14.5. The van der Waals surface area contributed by atoms with E-state index in [-0.39, 0.29) is 11.8 Å². The molecule has 30 heavy (non-hydrogen) atoms. The van der Waals surface area contributed by atoms with Crippen LogP contribution in [0.4, 0.5) is 11.4 Å². The van der Waals surface area contributed by atoms with Crippen LogP contribution in [-0.2, 0) is 9.59 Å². The zero-order valence-corrected chi connectivity index (χ0v) is 17.6. The van der Waals surface area contributed by atoms with Gasteiger partial charge in [0, 0.05) is 12.1 Å². The lowest BCUT2D eigenvalue weighted by Crippen LogP contribution is -2.30. The molecule has 3 rings (SSSR count). The standard InChI is InChI=1S/C24H23ClN2O3/c1-3-23(28)26-19-11-14-21(25)22(15-19)27-24(29)16(2)30-20-12-9-18(10-13-20)17-7-5-4-6-8-17/h4-16H,3H2,1-2H3,(H,26,28)(H,27,29). The number of carbonyl (C=O) groups is 2. The molecule has 1 atom stereocenters. The summed E-state index contributed by atoms with van der Waals surface area (Å²) in [5.74, 6) is 0.126. The third-order valence-corrected chi connectivity index (χ3v) is 4.80. The quantitative estimate of drug-likeness (QED) is 0.508. The van der Waals surface area contributed by atoms with Crippen molar-refractivity contribution < 1.29 is 14.3 Å². The van der Waals surface area contributed by atoms with Crippen LogP contribution in [0.5, 0.6) is 5.75 Å². The molecule has 154 valence electrons. The molecule has 0 radical (unpaired) electrons. The van der Waals surface area contributed by atoms with Crippen LogP contribution in [0.15, 0.2) is 72.8 Å². The van der Waals surface area contributed by atoms with Crippen LogP contribution >= 0.6 is 11.6 Å². The lowest BCUT2D eigenvalue weighted by atomic mass is 10.1. The van der Waals surface area contributed by atoms with Crippen molar-refractivity contribution in [2.24, 2.45) is 0 Å². The van der Waals surface area contributed by atoms with Gasteiger partial charge < -0.3 is 15.4 Å². The number of benzene rings is 3. The summed E-state index contributed by atoms with van der Waals surface area (Å²) >= 11 is 6.18. The maximum Gasteiger partial charge on any atom is 0.265 e. The Morgan fingerprint density at radius 2 is 1.60 bits per heavy atom. The summed E-state index contributed by atoms with van der Waals surface area (Å²) < 4.78 is 5.77. The molecule has 0 spiro atoms. The van der Waals surface area contributed by atoms with E-state index in [0.717, 1.165) is 11.1 Å². The van der Waals surface area contributed by atoms with Crippen LogP contribution in [0, 0.1) is 0 Å². The summed E-state index contributed by atoms with van der Waals surface area (Å²) in [6, 6.07) is 22.5. The molecule has 0 aliphatic carbocycles. The molecule has 0 aromatic heterocycles. The first kappa shape index (κ1) is 21.4. The number of hydrogen-bond acceptors (Lipinski definition) is 3. The van der Waals surface area contributed by atoms with Crippen molar-refractivity contribution in [3.05, 3.63) is 77.8 Å². The van der Waals surface area contributed by atoms with Gasteiger partial charge in [-0.2, -0.15) is 0 Å². The molecule has 0 fully saturated rings. The third-order valence-electron chi connectivity index (χ3n) is 4.47. The number of anilines is 2. The number of amides is 2. The van der Waals surface area contributed by atoms with E-state index >= 15 is 0 Å². The number of rotatable bonds is 7. The van der Waals surface area contributed by atoms with Crippen molar-refractivity contribution in [3.63, 3.8) is 0 Å². The van der Waals surface area contributed by atoms with Gasteiger partial charge in [-0.25, -0.2) is 0 Å². The van der Waals surface area contributed by atoms with Gasteiger partial charge in [0.1, 0.15) is 5.75 Å². The summed E-state index contributed by atoms with van der Waals surface area (Å²) in [6.45, 7) is 3.43. The van der Waals surface area contributed by atoms with Crippen molar-refractivity contribution in [2.75, 3.05) is 10.6 Å².